The Morgan fingerprint density at radius 3 is 2.22 bits per heavy atom. The van der Waals surface area contributed by atoms with Crippen LogP contribution in [0, 0.1) is 0 Å². The molecule has 1 aromatic carbocycles. The maximum absolute atomic E-state index is 12.0. The zero-order chi connectivity index (χ0) is 17.4. The zero-order valence-corrected chi connectivity index (χ0v) is 14.9. The minimum atomic E-state index is -0.140. The third-order valence-corrected chi connectivity index (χ3v) is 3.86. The summed E-state index contributed by atoms with van der Waals surface area (Å²) in [4.78, 5) is 27.4. The van der Waals surface area contributed by atoms with Gasteiger partial charge in [-0.1, -0.05) is 19.1 Å². The molecule has 5 heteroatoms. The lowest BCUT2D eigenvalue weighted by atomic mass is 10.1. The van der Waals surface area contributed by atoms with Crippen molar-refractivity contribution >= 4 is 11.8 Å². The number of carbonyl (C=O) groups is 2. The first-order chi connectivity index (χ1) is 10.8. The number of nitrogens with zero attached hydrogens (tertiary/aromatic N) is 2. The number of rotatable bonds is 8. The molecule has 23 heavy (non-hydrogen) atoms. The molecule has 0 aromatic heterocycles. The van der Waals surface area contributed by atoms with Gasteiger partial charge >= 0.3 is 0 Å². The van der Waals surface area contributed by atoms with E-state index < -0.39 is 0 Å². The van der Waals surface area contributed by atoms with E-state index in [1.165, 1.54) is 10.5 Å². The normalized spacial score (nSPS) is 10.9. The molecule has 0 atom stereocenters. The molecule has 128 valence electrons. The average Bonchev–Trinajstić information content (AvgIpc) is 2.52. The predicted octanol–water partition coefficient (Wildman–Crippen LogP) is 2.12. The van der Waals surface area contributed by atoms with Crippen LogP contribution in [0.15, 0.2) is 24.3 Å². The van der Waals surface area contributed by atoms with Crippen LogP contribution < -0.4 is 5.32 Å². The fourth-order valence-corrected chi connectivity index (χ4v) is 2.26. The number of nitrogens with one attached hydrogen (secondary N) is 1. The SMILES string of the molecule is CCN(Cc1ccc(C(=O)NCCC(=O)N(C)C)cc1)C(C)C. The van der Waals surface area contributed by atoms with Gasteiger partial charge in [0.1, 0.15) is 0 Å². The highest BCUT2D eigenvalue weighted by molar-refractivity contribution is 5.94. The third kappa shape index (κ3) is 6.40. The molecule has 1 aromatic rings. The molecule has 0 aliphatic heterocycles. The molecule has 0 saturated heterocycles. The van der Waals surface area contributed by atoms with Crippen molar-refractivity contribution in [2.75, 3.05) is 27.2 Å². The van der Waals surface area contributed by atoms with Gasteiger partial charge in [0, 0.05) is 45.2 Å². The Balaban J connectivity index is 2.52. The number of amides is 2. The second-order valence-electron chi connectivity index (χ2n) is 6.15. The smallest absolute Gasteiger partial charge is 0.251 e. The molecule has 0 unspecified atom stereocenters. The fraction of sp³-hybridized carbons (Fsp3) is 0.556. The Morgan fingerprint density at radius 2 is 1.74 bits per heavy atom. The summed E-state index contributed by atoms with van der Waals surface area (Å²) in [5, 5.41) is 2.78. The molecule has 0 heterocycles. The van der Waals surface area contributed by atoms with Gasteiger partial charge in [-0.15, -0.1) is 0 Å². The molecule has 0 bridgehead atoms. The maximum atomic E-state index is 12.0. The van der Waals surface area contributed by atoms with Gasteiger partial charge in [0.25, 0.3) is 5.91 Å². The van der Waals surface area contributed by atoms with Crippen LogP contribution in [0.3, 0.4) is 0 Å². The minimum Gasteiger partial charge on any atom is -0.352 e. The van der Waals surface area contributed by atoms with Gasteiger partial charge in [0.05, 0.1) is 0 Å². The van der Waals surface area contributed by atoms with Gasteiger partial charge in [0.15, 0.2) is 0 Å². The molecule has 0 spiro atoms. The molecule has 0 radical (unpaired) electrons. The van der Waals surface area contributed by atoms with E-state index in [-0.39, 0.29) is 11.8 Å². The van der Waals surface area contributed by atoms with Gasteiger partial charge in [-0.25, -0.2) is 0 Å². The van der Waals surface area contributed by atoms with Crippen molar-refractivity contribution in [3.05, 3.63) is 35.4 Å². The predicted molar refractivity (Wildman–Crippen MR) is 93.3 cm³/mol. The molecule has 0 saturated carbocycles. The molecule has 1 N–H and O–H groups in total. The molecule has 2 amide bonds. The molecular weight excluding hydrogens is 290 g/mol. The van der Waals surface area contributed by atoms with E-state index in [0.29, 0.717) is 24.6 Å². The van der Waals surface area contributed by atoms with Crippen molar-refractivity contribution in [2.24, 2.45) is 0 Å². The zero-order valence-electron chi connectivity index (χ0n) is 14.9. The summed E-state index contributed by atoms with van der Waals surface area (Å²) in [6.45, 7) is 8.75. The van der Waals surface area contributed by atoms with Crippen LogP contribution in [0.2, 0.25) is 0 Å². The number of carbonyl (C=O) groups excluding carboxylic acids is 2. The Bertz CT molecular complexity index is 510. The summed E-state index contributed by atoms with van der Waals surface area (Å²) in [6, 6.07) is 8.16. The highest BCUT2D eigenvalue weighted by Gasteiger charge is 2.10. The molecule has 5 nitrogen and oxygen atoms in total. The second kappa shape index (κ2) is 9.30. The monoisotopic (exact) mass is 319 g/mol. The topological polar surface area (TPSA) is 52.7 Å². The fourth-order valence-electron chi connectivity index (χ4n) is 2.26. The van der Waals surface area contributed by atoms with Crippen LogP contribution in [0.4, 0.5) is 0 Å². The van der Waals surface area contributed by atoms with Gasteiger partial charge in [-0.2, -0.15) is 0 Å². The van der Waals surface area contributed by atoms with E-state index in [1.807, 2.05) is 24.3 Å². The quantitative estimate of drug-likeness (QED) is 0.798. The Kier molecular flexibility index (Phi) is 7.75. The summed E-state index contributed by atoms with van der Waals surface area (Å²) in [6.07, 6.45) is 0.316. The van der Waals surface area contributed by atoms with Gasteiger partial charge in [-0.3, -0.25) is 14.5 Å². The van der Waals surface area contributed by atoms with Crippen LogP contribution >= 0.6 is 0 Å². The minimum absolute atomic E-state index is 0.00832. The van der Waals surface area contributed by atoms with Crippen LogP contribution in [-0.4, -0.2) is 54.8 Å². The van der Waals surface area contributed by atoms with Crippen LogP contribution in [0.1, 0.15) is 43.1 Å². The lowest BCUT2D eigenvalue weighted by Gasteiger charge is -2.24. The highest BCUT2D eigenvalue weighted by atomic mass is 16.2. The van der Waals surface area contributed by atoms with Crippen LogP contribution in [-0.2, 0) is 11.3 Å². The van der Waals surface area contributed by atoms with E-state index >= 15 is 0 Å². The first-order valence-corrected chi connectivity index (χ1v) is 8.16. The van der Waals surface area contributed by atoms with Crippen molar-refractivity contribution in [1.29, 1.82) is 0 Å². The lowest BCUT2D eigenvalue weighted by Crippen LogP contribution is -2.30. The Labute approximate surface area is 139 Å². The summed E-state index contributed by atoms with van der Waals surface area (Å²) in [5.74, 6) is -0.131. The number of benzene rings is 1. The second-order valence-corrected chi connectivity index (χ2v) is 6.15. The first kappa shape index (κ1) is 19.2. The highest BCUT2D eigenvalue weighted by Crippen LogP contribution is 2.10. The standard InChI is InChI=1S/C18H29N3O2/c1-6-21(14(2)3)13-15-7-9-16(10-8-15)18(23)19-12-11-17(22)20(4)5/h7-10,14H,6,11-13H2,1-5H3,(H,19,23). The lowest BCUT2D eigenvalue weighted by molar-refractivity contribution is -0.128. The van der Waals surface area contributed by atoms with E-state index in [1.54, 1.807) is 14.1 Å². The van der Waals surface area contributed by atoms with Crippen molar-refractivity contribution in [2.45, 2.75) is 39.8 Å². The van der Waals surface area contributed by atoms with Gasteiger partial charge in [-0.05, 0) is 38.1 Å². The van der Waals surface area contributed by atoms with E-state index in [4.69, 9.17) is 0 Å². The average molecular weight is 319 g/mol. The third-order valence-electron chi connectivity index (χ3n) is 3.86. The Morgan fingerprint density at radius 1 is 1.13 bits per heavy atom. The first-order valence-electron chi connectivity index (χ1n) is 8.16. The maximum Gasteiger partial charge on any atom is 0.251 e. The van der Waals surface area contributed by atoms with Crippen LogP contribution in [0.5, 0.6) is 0 Å². The largest absolute Gasteiger partial charge is 0.352 e. The number of hydrogen-bond acceptors (Lipinski definition) is 3. The van der Waals surface area contributed by atoms with E-state index in [9.17, 15) is 9.59 Å². The van der Waals surface area contributed by atoms with Crippen molar-refractivity contribution in [3.8, 4) is 0 Å². The molecule has 1 rings (SSSR count). The van der Waals surface area contributed by atoms with E-state index in [0.717, 1.165) is 13.1 Å². The molecule has 0 aliphatic rings. The van der Waals surface area contributed by atoms with Gasteiger partial charge < -0.3 is 10.2 Å². The summed E-state index contributed by atoms with van der Waals surface area (Å²) < 4.78 is 0. The van der Waals surface area contributed by atoms with Crippen LogP contribution in [0.25, 0.3) is 0 Å². The van der Waals surface area contributed by atoms with Crippen molar-refractivity contribution in [1.82, 2.24) is 15.1 Å². The summed E-state index contributed by atoms with van der Waals surface area (Å²) >= 11 is 0. The summed E-state index contributed by atoms with van der Waals surface area (Å²) in [7, 11) is 3.42. The summed E-state index contributed by atoms with van der Waals surface area (Å²) in [5.41, 5.74) is 1.82. The molecule has 0 aliphatic carbocycles. The van der Waals surface area contributed by atoms with Gasteiger partial charge in [0.2, 0.25) is 5.91 Å². The van der Waals surface area contributed by atoms with E-state index in [2.05, 4.69) is 31.0 Å². The Hall–Kier alpha value is -1.88. The number of hydrogen-bond donors (Lipinski definition) is 1. The molecule has 0 fully saturated rings. The van der Waals surface area contributed by atoms with Crippen molar-refractivity contribution in [3.63, 3.8) is 0 Å². The molecular formula is C18H29N3O2. The van der Waals surface area contributed by atoms with Crippen molar-refractivity contribution < 1.29 is 9.59 Å².